The highest BCUT2D eigenvalue weighted by molar-refractivity contribution is 8.00. The lowest BCUT2D eigenvalue weighted by Gasteiger charge is -2.42. The molecule has 2 aromatic heterocycles. The molecule has 7 nitrogen and oxygen atoms in total. The van der Waals surface area contributed by atoms with Crippen molar-refractivity contribution in [2.45, 2.75) is 42.9 Å². The largest absolute Gasteiger partial charge is 0.417 e. The van der Waals surface area contributed by atoms with Crippen LogP contribution in [0.15, 0.2) is 41.7 Å². The van der Waals surface area contributed by atoms with Gasteiger partial charge >= 0.3 is 6.18 Å². The second kappa shape index (κ2) is 7.66. The summed E-state index contributed by atoms with van der Waals surface area (Å²) < 4.78 is 40.7. The van der Waals surface area contributed by atoms with Crippen LogP contribution in [0.3, 0.4) is 0 Å². The first-order chi connectivity index (χ1) is 14.9. The number of alkyl halides is 3. The molecule has 1 aliphatic heterocycles. The summed E-state index contributed by atoms with van der Waals surface area (Å²) in [6.45, 7) is 4.83. The zero-order valence-corrected chi connectivity index (χ0v) is 18.6. The van der Waals surface area contributed by atoms with Crippen LogP contribution in [0.25, 0.3) is 5.65 Å². The maximum atomic E-state index is 13.4. The fourth-order valence-corrected chi connectivity index (χ4v) is 4.52. The molecule has 0 spiro atoms. The molecule has 1 aliphatic rings. The molecule has 168 valence electrons. The van der Waals surface area contributed by atoms with Gasteiger partial charge in [0.25, 0.3) is 0 Å². The van der Waals surface area contributed by atoms with E-state index in [0.717, 1.165) is 28.4 Å². The third kappa shape index (κ3) is 3.69. The fraction of sp³-hybridized carbons (Fsp3) is 0.300. The number of amides is 2. The van der Waals surface area contributed by atoms with E-state index in [0.29, 0.717) is 11.4 Å². The van der Waals surface area contributed by atoms with Gasteiger partial charge in [-0.05, 0) is 39.0 Å². The molecule has 1 N–H and O–H groups in total. The average Bonchev–Trinajstić information content (AvgIpc) is 3.11. The molecule has 0 saturated carbocycles. The number of hydrogen-bond acceptors (Lipinski definition) is 5. The molecule has 1 aromatic carbocycles. The van der Waals surface area contributed by atoms with E-state index >= 15 is 0 Å². The van der Waals surface area contributed by atoms with Gasteiger partial charge < -0.3 is 5.32 Å². The number of halogens is 4. The summed E-state index contributed by atoms with van der Waals surface area (Å²) in [5, 5.41) is 9.61. The Labute approximate surface area is 189 Å². The molecule has 2 amide bonds. The molecule has 0 bridgehead atoms. The van der Waals surface area contributed by atoms with Crippen LogP contribution in [0.5, 0.6) is 0 Å². The molecule has 0 saturated heterocycles. The number of benzene rings is 1. The highest BCUT2D eigenvalue weighted by atomic mass is 35.5. The van der Waals surface area contributed by atoms with E-state index in [1.54, 1.807) is 45.0 Å². The smallest absolute Gasteiger partial charge is 0.322 e. The molecule has 0 aliphatic carbocycles. The molecule has 1 unspecified atom stereocenters. The minimum Gasteiger partial charge on any atom is -0.322 e. The van der Waals surface area contributed by atoms with E-state index in [2.05, 4.69) is 15.5 Å². The number of fused-ring (bicyclic) bond motifs is 2. The number of nitrogens with one attached hydrogen (secondary N) is 1. The molecule has 0 radical (unpaired) electrons. The summed E-state index contributed by atoms with van der Waals surface area (Å²) in [6, 6.07) is 7.67. The van der Waals surface area contributed by atoms with Gasteiger partial charge in [-0.1, -0.05) is 35.5 Å². The normalized spacial score (nSPS) is 16.6. The first kappa shape index (κ1) is 22.4. The summed E-state index contributed by atoms with van der Waals surface area (Å²) in [5.41, 5.74) is -1.07. The first-order valence-electron chi connectivity index (χ1n) is 9.44. The molecule has 4 rings (SSSR count). The minimum atomic E-state index is -4.61. The molecule has 1 atom stereocenters. The fourth-order valence-electron chi connectivity index (χ4n) is 3.41. The molecule has 12 heteroatoms. The van der Waals surface area contributed by atoms with Crippen LogP contribution in [-0.2, 0) is 15.8 Å². The zero-order chi connectivity index (χ0) is 23.4. The number of nitrogens with zero attached hydrogens (tertiary/aromatic N) is 4. The molecule has 32 heavy (non-hydrogen) atoms. The van der Waals surface area contributed by atoms with E-state index in [9.17, 15) is 22.8 Å². The highest BCUT2D eigenvalue weighted by Gasteiger charge is 2.45. The minimum absolute atomic E-state index is 0.0461. The van der Waals surface area contributed by atoms with Crippen molar-refractivity contribution in [3.63, 3.8) is 0 Å². The monoisotopic (exact) mass is 483 g/mol. The standard InChI is InChI=1S/C20H17ClF3N5O2S/c1-10(16(30)29-14-7-5-4-6-13(14)25-17(31)19(29,2)3)32-18-27-26-15-12(21)8-11(9-28(15)18)20(22,23)24/h4-10H,1-3H3,(H,25,31). The molecule has 3 heterocycles. The number of thioether (sulfide) groups is 1. The lowest BCUT2D eigenvalue weighted by atomic mass is 9.96. The Morgan fingerprint density at radius 1 is 1.25 bits per heavy atom. The van der Waals surface area contributed by atoms with Gasteiger partial charge in [0.2, 0.25) is 11.8 Å². The van der Waals surface area contributed by atoms with Crippen LogP contribution in [0.1, 0.15) is 26.3 Å². The third-order valence-corrected chi connectivity index (χ3v) is 6.44. The number of pyridine rings is 1. The van der Waals surface area contributed by atoms with Crippen molar-refractivity contribution < 1.29 is 22.8 Å². The number of aromatic nitrogens is 3. The number of anilines is 2. The van der Waals surface area contributed by atoms with Crippen molar-refractivity contribution in [2.75, 3.05) is 10.2 Å². The maximum absolute atomic E-state index is 13.4. The predicted octanol–water partition coefficient (Wildman–Crippen LogP) is 4.65. The number of rotatable bonds is 3. The van der Waals surface area contributed by atoms with Gasteiger partial charge in [0.15, 0.2) is 10.8 Å². The van der Waals surface area contributed by atoms with Crippen molar-refractivity contribution in [1.29, 1.82) is 0 Å². The summed E-state index contributed by atoms with van der Waals surface area (Å²) in [6.07, 6.45) is -3.77. The van der Waals surface area contributed by atoms with Gasteiger partial charge in [0.1, 0.15) is 5.54 Å². The number of hydrogen-bond donors (Lipinski definition) is 1. The summed E-state index contributed by atoms with van der Waals surface area (Å²) in [4.78, 5) is 27.5. The first-order valence-corrected chi connectivity index (χ1v) is 10.7. The Morgan fingerprint density at radius 3 is 2.62 bits per heavy atom. The van der Waals surface area contributed by atoms with Crippen molar-refractivity contribution >= 4 is 52.2 Å². The van der Waals surface area contributed by atoms with Gasteiger partial charge in [-0.25, -0.2) is 0 Å². The van der Waals surface area contributed by atoms with Crippen LogP contribution >= 0.6 is 23.4 Å². The van der Waals surface area contributed by atoms with Gasteiger partial charge in [-0.3, -0.25) is 18.9 Å². The van der Waals surface area contributed by atoms with E-state index in [-0.39, 0.29) is 21.7 Å². The topological polar surface area (TPSA) is 79.6 Å². The summed E-state index contributed by atoms with van der Waals surface area (Å²) in [7, 11) is 0. The summed E-state index contributed by atoms with van der Waals surface area (Å²) >= 11 is 6.89. The predicted molar refractivity (Wildman–Crippen MR) is 115 cm³/mol. The Balaban J connectivity index is 1.70. The van der Waals surface area contributed by atoms with Crippen LogP contribution in [0, 0.1) is 0 Å². The van der Waals surface area contributed by atoms with Crippen molar-refractivity contribution in [1.82, 2.24) is 14.6 Å². The van der Waals surface area contributed by atoms with E-state index < -0.39 is 28.4 Å². The van der Waals surface area contributed by atoms with E-state index in [1.165, 1.54) is 4.90 Å². The van der Waals surface area contributed by atoms with Gasteiger partial charge in [-0.15, -0.1) is 10.2 Å². The lowest BCUT2D eigenvalue weighted by Crippen LogP contribution is -2.60. The SMILES string of the molecule is CC(Sc1nnc2c(Cl)cc(C(F)(F)F)cn12)C(=O)N1c2ccccc2NC(=O)C1(C)C. The molecular formula is C20H17ClF3N5O2S. The Hall–Kier alpha value is -2.79. The van der Waals surface area contributed by atoms with Gasteiger partial charge in [0.05, 0.1) is 27.2 Å². The average molecular weight is 484 g/mol. The van der Waals surface area contributed by atoms with Gasteiger partial charge in [0, 0.05) is 6.20 Å². The number of carbonyl (C=O) groups excluding carboxylic acids is 2. The van der Waals surface area contributed by atoms with E-state index in [4.69, 9.17) is 11.6 Å². The molecule has 3 aromatic rings. The Morgan fingerprint density at radius 2 is 1.94 bits per heavy atom. The van der Waals surface area contributed by atoms with E-state index in [1.807, 2.05) is 0 Å². The van der Waals surface area contributed by atoms with Crippen molar-refractivity contribution in [3.05, 3.63) is 47.1 Å². The summed E-state index contributed by atoms with van der Waals surface area (Å²) in [5.74, 6) is -0.756. The van der Waals surface area contributed by atoms with Crippen LogP contribution in [-0.4, -0.2) is 37.2 Å². The maximum Gasteiger partial charge on any atom is 0.417 e. The molecular weight excluding hydrogens is 467 g/mol. The number of para-hydroxylation sites is 2. The quantitative estimate of drug-likeness (QED) is 0.549. The van der Waals surface area contributed by atoms with Crippen molar-refractivity contribution in [2.24, 2.45) is 0 Å². The van der Waals surface area contributed by atoms with Crippen LogP contribution in [0.4, 0.5) is 24.5 Å². The second-order valence-corrected chi connectivity index (χ2v) is 9.43. The third-order valence-electron chi connectivity index (χ3n) is 5.11. The molecule has 0 fully saturated rings. The Kier molecular flexibility index (Phi) is 5.36. The van der Waals surface area contributed by atoms with Crippen LogP contribution in [0.2, 0.25) is 5.02 Å². The van der Waals surface area contributed by atoms with Crippen molar-refractivity contribution in [3.8, 4) is 0 Å². The Bertz CT molecular complexity index is 1240. The number of carbonyl (C=O) groups is 2. The van der Waals surface area contributed by atoms with Crippen LogP contribution < -0.4 is 10.2 Å². The zero-order valence-electron chi connectivity index (χ0n) is 17.1. The highest BCUT2D eigenvalue weighted by Crippen LogP contribution is 2.39. The van der Waals surface area contributed by atoms with Gasteiger partial charge in [-0.2, -0.15) is 13.2 Å². The lowest BCUT2D eigenvalue weighted by molar-refractivity contribution is -0.137. The second-order valence-electron chi connectivity index (χ2n) is 7.71.